The third kappa shape index (κ3) is 2.48. The van der Waals surface area contributed by atoms with Crippen molar-refractivity contribution in [3.05, 3.63) is 60.7 Å². The third-order valence-corrected chi connectivity index (χ3v) is 6.50. The van der Waals surface area contributed by atoms with Crippen molar-refractivity contribution in [3.63, 3.8) is 0 Å². The van der Waals surface area contributed by atoms with Crippen molar-refractivity contribution in [3.8, 4) is 11.4 Å². The first kappa shape index (κ1) is 18.1. The Morgan fingerprint density at radius 1 is 1.06 bits per heavy atom. The van der Waals surface area contributed by atoms with Gasteiger partial charge in [-0.05, 0) is 49.7 Å². The lowest BCUT2D eigenvalue weighted by Gasteiger charge is -2.32. The lowest BCUT2D eigenvalue weighted by Crippen LogP contribution is -2.46. The van der Waals surface area contributed by atoms with Crippen molar-refractivity contribution in [2.75, 3.05) is 18.0 Å². The Kier molecular flexibility index (Phi) is 3.91. The number of carbonyl (C=O) groups is 1. The summed E-state index contributed by atoms with van der Waals surface area (Å²) in [6.45, 7) is 1.64. The molecule has 0 unspecified atom stereocenters. The highest BCUT2D eigenvalue weighted by atomic mass is 16.2. The Bertz CT molecular complexity index is 1310. The molecule has 1 N–H and O–H groups in total. The Balaban J connectivity index is 1.57. The minimum atomic E-state index is -0.514. The molecule has 1 spiro atoms. The van der Waals surface area contributed by atoms with Gasteiger partial charge in [-0.1, -0.05) is 18.2 Å². The number of anilines is 2. The summed E-state index contributed by atoms with van der Waals surface area (Å²) in [7, 11) is 1.92. The van der Waals surface area contributed by atoms with Crippen LogP contribution in [0.5, 0.6) is 0 Å². The summed E-state index contributed by atoms with van der Waals surface area (Å²) >= 11 is 0. The summed E-state index contributed by atoms with van der Waals surface area (Å²) in [6.07, 6.45) is 6.56. The molecule has 2 aliphatic rings. The van der Waals surface area contributed by atoms with Gasteiger partial charge in [-0.3, -0.25) is 14.7 Å². The molecular weight excluding hydrogens is 390 g/mol. The van der Waals surface area contributed by atoms with E-state index in [1.807, 2.05) is 41.9 Å². The largest absolute Gasteiger partial charge is 0.317 e. The van der Waals surface area contributed by atoms with Crippen molar-refractivity contribution in [2.45, 2.75) is 18.3 Å². The normalized spacial score (nSPS) is 17.5. The van der Waals surface area contributed by atoms with Gasteiger partial charge in [0.15, 0.2) is 17.0 Å². The fourth-order valence-electron chi connectivity index (χ4n) is 4.96. The summed E-state index contributed by atoms with van der Waals surface area (Å²) < 4.78 is 1.92. The van der Waals surface area contributed by atoms with Crippen molar-refractivity contribution >= 4 is 28.6 Å². The predicted molar refractivity (Wildman–Crippen MR) is 117 cm³/mol. The smallest absolute Gasteiger partial charge is 0.243 e. The molecule has 8 heteroatoms. The average Bonchev–Trinajstić information content (AvgIpc) is 3.28. The number of hydrogen-bond donors (Lipinski definition) is 1. The summed E-state index contributed by atoms with van der Waals surface area (Å²) in [5.41, 5.74) is 3.63. The lowest BCUT2D eigenvalue weighted by atomic mass is 9.74. The van der Waals surface area contributed by atoms with E-state index in [1.54, 1.807) is 17.3 Å². The van der Waals surface area contributed by atoms with Gasteiger partial charge in [0.2, 0.25) is 5.91 Å². The van der Waals surface area contributed by atoms with Crippen LogP contribution in [0.25, 0.3) is 22.6 Å². The Hall–Kier alpha value is -3.65. The number of fused-ring (bicyclic) bond motifs is 3. The molecule has 0 bridgehead atoms. The number of rotatable bonds is 2. The Labute approximate surface area is 179 Å². The van der Waals surface area contributed by atoms with Crippen LogP contribution in [0.2, 0.25) is 0 Å². The summed E-state index contributed by atoms with van der Waals surface area (Å²) in [6, 6.07) is 11.9. The van der Waals surface area contributed by atoms with Gasteiger partial charge in [-0.15, -0.1) is 0 Å². The summed E-state index contributed by atoms with van der Waals surface area (Å²) in [5, 5.41) is 3.38. The number of benzene rings is 1. The first-order valence-electron chi connectivity index (χ1n) is 10.4. The number of nitrogens with zero attached hydrogens (tertiary/aromatic N) is 6. The maximum atomic E-state index is 13.9. The van der Waals surface area contributed by atoms with Crippen LogP contribution in [0.15, 0.2) is 55.1 Å². The quantitative estimate of drug-likeness (QED) is 0.546. The fourth-order valence-corrected chi connectivity index (χ4v) is 4.96. The molecule has 1 amide bonds. The third-order valence-electron chi connectivity index (χ3n) is 6.50. The second kappa shape index (κ2) is 6.68. The standard InChI is InChI=1S/C23H21N7O/c1-29-19(15-5-4-10-25-13-15)28-18-20(29)26-14-27-21(18)30-17-7-3-2-6-16(17)23(22(30)31)8-11-24-12-9-23/h2-7,10,13-14,24H,8-9,11-12H2,1H3. The first-order valence-corrected chi connectivity index (χ1v) is 10.4. The molecule has 0 aliphatic carbocycles. The number of aryl methyl sites for hydroxylation is 1. The average molecular weight is 411 g/mol. The molecule has 6 rings (SSSR count). The minimum Gasteiger partial charge on any atom is -0.317 e. The number of nitrogens with one attached hydrogen (secondary N) is 1. The second-order valence-corrected chi connectivity index (χ2v) is 8.10. The Morgan fingerprint density at radius 2 is 1.90 bits per heavy atom. The molecule has 0 radical (unpaired) electrons. The van der Waals surface area contributed by atoms with Gasteiger partial charge in [-0.25, -0.2) is 15.0 Å². The molecule has 8 nitrogen and oxygen atoms in total. The molecule has 4 aromatic rings. The zero-order valence-electron chi connectivity index (χ0n) is 17.1. The van der Waals surface area contributed by atoms with E-state index < -0.39 is 5.41 Å². The molecule has 1 fully saturated rings. The number of para-hydroxylation sites is 1. The molecule has 1 saturated heterocycles. The van der Waals surface area contributed by atoms with Gasteiger partial charge in [0.05, 0.1) is 11.1 Å². The van der Waals surface area contributed by atoms with E-state index in [2.05, 4.69) is 26.3 Å². The van der Waals surface area contributed by atoms with Gasteiger partial charge in [-0.2, -0.15) is 0 Å². The maximum absolute atomic E-state index is 13.9. The molecule has 3 aromatic heterocycles. The molecule has 31 heavy (non-hydrogen) atoms. The highest BCUT2D eigenvalue weighted by Crippen LogP contribution is 2.50. The van der Waals surface area contributed by atoms with Crippen LogP contribution in [-0.4, -0.2) is 43.5 Å². The molecular formula is C23H21N7O. The number of hydrogen-bond acceptors (Lipinski definition) is 6. The number of amides is 1. The van der Waals surface area contributed by atoms with Crippen molar-refractivity contribution in [1.29, 1.82) is 0 Å². The van der Waals surface area contributed by atoms with Crippen molar-refractivity contribution in [1.82, 2.24) is 29.8 Å². The molecule has 1 aromatic carbocycles. The molecule has 154 valence electrons. The van der Waals surface area contributed by atoms with Crippen LogP contribution >= 0.6 is 0 Å². The number of aromatic nitrogens is 5. The van der Waals surface area contributed by atoms with Crippen molar-refractivity contribution < 1.29 is 4.79 Å². The topological polar surface area (TPSA) is 88.8 Å². The van der Waals surface area contributed by atoms with E-state index in [1.165, 1.54) is 6.33 Å². The Morgan fingerprint density at radius 3 is 2.71 bits per heavy atom. The maximum Gasteiger partial charge on any atom is 0.243 e. The predicted octanol–water partition coefficient (Wildman–Crippen LogP) is 2.72. The SMILES string of the molecule is Cn1c(-c2cccnc2)nc2c(N3C(=O)C4(CCNCC4)c4ccccc43)ncnc21. The van der Waals surface area contributed by atoms with E-state index in [0.717, 1.165) is 48.6 Å². The molecule has 5 heterocycles. The van der Waals surface area contributed by atoms with Gasteiger partial charge >= 0.3 is 0 Å². The van der Waals surface area contributed by atoms with Crippen LogP contribution in [0, 0.1) is 0 Å². The van der Waals surface area contributed by atoms with Gasteiger partial charge < -0.3 is 9.88 Å². The second-order valence-electron chi connectivity index (χ2n) is 8.10. The number of piperidine rings is 1. The van der Waals surface area contributed by atoms with E-state index in [0.29, 0.717) is 17.0 Å². The zero-order valence-corrected chi connectivity index (χ0v) is 17.1. The zero-order chi connectivity index (χ0) is 21.0. The van der Waals surface area contributed by atoms with E-state index in [9.17, 15) is 4.79 Å². The number of pyridine rings is 1. The highest BCUT2D eigenvalue weighted by Gasteiger charge is 2.52. The van der Waals surface area contributed by atoms with Crippen LogP contribution < -0.4 is 10.2 Å². The van der Waals surface area contributed by atoms with E-state index >= 15 is 0 Å². The number of imidazole rings is 1. The van der Waals surface area contributed by atoms with E-state index in [4.69, 9.17) is 4.98 Å². The lowest BCUT2D eigenvalue weighted by molar-refractivity contribution is -0.123. The first-order chi connectivity index (χ1) is 15.2. The molecule has 0 atom stereocenters. The summed E-state index contributed by atoms with van der Waals surface area (Å²) in [5.74, 6) is 1.34. The molecule has 0 saturated carbocycles. The van der Waals surface area contributed by atoms with Gasteiger partial charge in [0, 0.05) is 25.0 Å². The minimum absolute atomic E-state index is 0.0729. The van der Waals surface area contributed by atoms with Crippen LogP contribution in [0.4, 0.5) is 11.5 Å². The van der Waals surface area contributed by atoms with Crippen LogP contribution in [0.3, 0.4) is 0 Å². The fraction of sp³-hybridized carbons (Fsp3) is 0.261. The van der Waals surface area contributed by atoms with Gasteiger partial charge in [0.1, 0.15) is 12.2 Å². The van der Waals surface area contributed by atoms with Crippen LogP contribution in [0.1, 0.15) is 18.4 Å². The van der Waals surface area contributed by atoms with E-state index in [-0.39, 0.29) is 5.91 Å². The monoisotopic (exact) mass is 411 g/mol. The molecule has 2 aliphatic heterocycles. The van der Waals surface area contributed by atoms with Gasteiger partial charge in [0.25, 0.3) is 0 Å². The summed E-state index contributed by atoms with van der Waals surface area (Å²) in [4.78, 5) is 33.8. The highest BCUT2D eigenvalue weighted by molar-refractivity contribution is 6.15. The van der Waals surface area contributed by atoms with Crippen LogP contribution in [-0.2, 0) is 17.3 Å². The number of carbonyl (C=O) groups excluding carboxylic acids is 1. The van der Waals surface area contributed by atoms with Crippen molar-refractivity contribution in [2.24, 2.45) is 7.05 Å².